The second kappa shape index (κ2) is 11.3. The second-order valence-electron chi connectivity index (χ2n) is 5.76. The van der Waals surface area contributed by atoms with E-state index in [0.717, 1.165) is 49.5 Å². The standard InChI is InChI=1S/C17H26BrN3O.HI/c1-19-17(21-10-8-15(12-21)13-22-2)20-9-4-6-14-5-3-7-16(18)11-14;/h3,5,7,11,15H,4,6,8-10,12-13H2,1-2H3,(H,19,20);1H. The van der Waals surface area contributed by atoms with E-state index in [-0.39, 0.29) is 24.0 Å². The first-order chi connectivity index (χ1) is 10.7. The number of guanidine groups is 1. The summed E-state index contributed by atoms with van der Waals surface area (Å²) in [6.45, 7) is 3.90. The minimum absolute atomic E-state index is 0. The Morgan fingerprint density at radius 2 is 2.30 bits per heavy atom. The van der Waals surface area contributed by atoms with Gasteiger partial charge in [-0.1, -0.05) is 28.1 Å². The number of ether oxygens (including phenoxy) is 1. The molecule has 4 nitrogen and oxygen atoms in total. The number of benzene rings is 1. The van der Waals surface area contributed by atoms with Crippen LogP contribution in [0.3, 0.4) is 0 Å². The smallest absolute Gasteiger partial charge is 0.193 e. The summed E-state index contributed by atoms with van der Waals surface area (Å²) < 4.78 is 6.40. The van der Waals surface area contributed by atoms with E-state index in [2.05, 4.69) is 55.4 Å². The Morgan fingerprint density at radius 3 is 3.00 bits per heavy atom. The van der Waals surface area contributed by atoms with Gasteiger partial charge < -0.3 is 15.0 Å². The predicted molar refractivity (Wildman–Crippen MR) is 111 cm³/mol. The second-order valence-corrected chi connectivity index (χ2v) is 6.68. The zero-order valence-corrected chi connectivity index (χ0v) is 17.8. The molecule has 1 N–H and O–H groups in total. The van der Waals surface area contributed by atoms with E-state index >= 15 is 0 Å². The van der Waals surface area contributed by atoms with Gasteiger partial charge in [0, 0.05) is 44.2 Å². The highest BCUT2D eigenvalue weighted by atomic mass is 127. The molecule has 1 fully saturated rings. The van der Waals surface area contributed by atoms with Gasteiger partial charge in [-0.2, -0.15) is 0 Å². The molecule has 1 heterocycles. The van der Waals surface area contributed by atoms with Crippen molar-refractivity contribution in [1.29, 1.82) is 0 Å². The molecule has 1 aliphatic rings. The zero-order valence-electron chi connectivity index (χ0n) is 13.9. The molecule has 1 aromatic rings. The maximum absolute atomic E-state index is 5.25. The van der Waals surface area contributed by atoms with Gasteiger partial charge in [0.2, 0.25) is 0 Å². The number of rotatable bonds is 6. The summed E-state index contributed by atoms with van der Waals surface area (Å²) in [5.41, 5.74) is 1.37. The van der Waals surface area contributed by atoms with Gasteiger partial charge in [0.1, 0.15) is 0 Å². The molecule has 0 amide bonds. The number of nitrogens with zero attached hydrogens (tertiary/aromatic N) is 2. The molecule has 1 aromatic carbocycles. The average Bonchev–Trinajstić information content (AvgIpc) is 2.96. The van der Waals surface area contributed by atoms with Crippen LogP contribution in [-0.4, -0.2) is 51.3 Å². The summed E-state index contributed by atoms with van der Waals surface area (Å²) >= 11 is 3.52. The Bertz CT molecular complexity index is 498. The molecule has 6 heteroatoms. The van der Waals surface area contributed by atoms with Crippen LogP contribution in [0, 0.1) is 5.92 Å². The molecule has 23 heavy (non-hydrogen) atoms. The highest BCUT2D eigenvalue weighted by Gasteiger charge is 2.24. The van der Waals surface area contributed by atoms with Gasteiger partial charge >= 0.3 is 0 Å². The third kappa shape index (κ3) is 6.97. The average molecular weight is 496 g/mol. The molecule has 0 saturated carbocycles. The lowest BCUT2D eigenvalue weighted by atomic mass is 10.1. The van der Waals surface area contributed by atoms with Gasteiger partial charge in [-0.15, -0.1) is 24.0 Å². The van der Waals surface area contributed by atoms with E-state index in [1.165, 1.54) is 12.0 Å². The Labute approximate surface area is 165 Å². The molecule has 0 spiro atoms. The third-order valence-electron chi connectivity index (χ3n) is 4.01. The summed E-state index contributed by atoms with van der Waals surface area (Å²) in [7, 11) is 3.64. The number of halogens is 2. The van der Waals surface area contributed by atoms with Crippen molar-refractivity contribution in [3.8, 4) is 0 Å². The quantitative estimate of drug-likeness (QED) is 0.284. The molecule has 1 unspecified atom stereocenters. The van der Waals surface area contributed by atoms with E-state index in [1.807, 2.05) is 7.05 Å². The van der Waals surface area contributed by atoms with Gasteiger partial charge in [0.05, 0.1) is 6.61 Å². The van der Waals surface area contributed by atoms with Crippen molar-refractivity contribution in [2.75, 3.05) is 40.4 Å². The molecular weight excluding hydrogens is 469 g/mol. The van der Waals surface area contributed by atoms with Crippen LogP contribution in [0.1, 0.15) is 18.4 Å². The molecule has 0 bridgehead atoms. The first-order valence-electron chi connectivity index (χ1n) is 7.92. The highest BCUT2D eigenvalue weighted by Crippen LogP contribution is 2.16. The molecule has 1 aliphatic heterocycles. The number of nitrogens with one attached hydrogen (secondary N) is 1. The Balaban J connectivity index is 0.00000264. The van der Waals surface area contributed by atoms with Gasteiger partial charge in [-0.3, -0.25) is 4.99 Å². The minimum Gasteiger partial charge on any atom is -0.384 e. The van der Waals surface area contributed by atoms with Crippen LogP contribution in [-0.2, 0) is 11.2 Å². The van der Waals surface area contributed by atoms with Crippen LogP contribution < -0.4 is 5.32 Å². The summed E-state index contributed by atoms with van der Waals surface area (Å²) in [4.78, 5) is 6.74. The molecule has 0 aliphatic carbocycles. The van der Waals surface area contributed by atoms with Crippen molar-refractivity contribution < 1.29 is 4.74 Å². The Kier molecular flexibility index (Phi) is 10.1. The Hall–Kier alpha value is -0.340. The fourth-order valence-electron chi connectivity index (χ4n) is 2.91. The maximum atomic E-state index is 5.25. The predicted octanol–water partition coefficient (Wildman–Crippen LogP) is 3.54. The fourth-order valence-corrected chi connectivity index (χ4v) is 3.36. The maximum Gasteiger partial charge on any atom is 0.193 e. The largest absolute Gasteiger partial charge is 0.384 e. The number of aryl methyl sites for hydroxylation is 1. The number of likely N-dealkylation sites (tertiary alicyclic amines) is 1. The van der Waals surface area contributed by atoms with E-state index in [9.17, 15) is 0 Å². The topological polar surface area (TPSA) is 36.9 Å². The summed E-state index contributed by atoms with van der Waals surface area (Å²) in [5.74, 6) is 1.65. The molecule has 0 radical (unpaired) electrons. The lowest BCUT2D eigenvalue weighted by Crippen LogP contribution is -2.40. The lowest BCUT2D eigenvalue weighted by Gasteiger charge is -2.21. The summed E-state index contributed by atoms with van der Waals surface area (Å²) in [6, 6.07) is 8.51. The lowest BCUT2D eigenvalue weighted by molar-refractivity contribution is 0.157. The van der Waals surface area contributed by atoms with Crippen LogP contribution in [0.25, 0.3) is 0 Å². The molecule has 1 saturated heterocycles. The van der Waals surface area contributed by atoms with Crippen molar-refractivity contribution in [2.45, 2.75) is 19.3 Å². The number of hydrogen-bond acceptors (Lipinski definition) is 2. The first-order valence-corrected chi connectivity index (χ1v) is 8.71. The van der Waals surface area contributed by atoms with Gasteiger partial charge in [-0.25, -0.2) is 0 Å². The van der Waals surface area contributed by atoms with Crippen molar-refractivity contribution in [3.05, 3.63) is 34.3 Å². The molecular formula is C17H27BrIN3O. The van der Waals surface area contributed by atoms with E-state index in [4.69, 9.17) is 4.74 Å². The van der Waals surface area contributed by atoms with E-state index in [1.54, 1.807) is 7.11 Å². The normalized spacial score (nSPS) is 18.0. The minimum atomic E-state index is 0. The highest BCUT2D eigenvalue weighted by molar-refractivity contribution is 14.0. The van der Waals surface area contributed by atoms with Crippen LogP contribution >= 0.6 is 39.9 Å². The van der Waals surface area contributed by atoms with Gasteiger partial charge in [0.25, 0.3) is 0 Å². The van der Waals surface area contributed by atoms with E-state index < -0.39 is 0 Å². The van der Waals surface area contributed by atoms with Gasteiger partial charge in [-0.05, 0) is 37.0 Å². The molecule has 0 aromatic heterocycles. The van der Waals surface area contributed by atoms with Crippen molar-refractivity contribution in [1.82, 2.24) is 10.2 Å². The fraction of sp³-hybridized carbons (Fsp3) is 0.588. The number of hydrogen-bond donors (Lipinski definition) is 1. The Morgan fingerprint density at radius 1 is 1.48 bits per heavy atom. The summed E-state index contributed by atoms with van der Waals surface area (Å²) in [6.07, 6.45) is 3.37. The van der Waals surface area contributed by atoms with Crippen molar-refractivity contribution in [2.24, 2.45) is 10.9 Å². The van der Waals surface area contributed by atoms with Crippen molar-refractivity contribution in [3.63, 3.8) is 0 Å². The zero-order chi connectivity index (χ0) is 15.8. The van der Waals surface area contributed by atoms with Crippen molar-refractivity contribution >= 4 is 45.9 Å². The third-order valence-corrected chi connectivity index (χ3v) is 4.51. The first kappa shape index (κ1) is 20.7. The molecule has 2 rings (SSSR count). The number of methoxy groups -OCH3 is 1. The molecule has 1 atom stereocenters. The SMILES string of the molecule is CN=C(NCCCc1cccc(Br)c1)N1CCC(COC)C1.I. The van der Waals surface area contributed by atoms with Crippen LogP contribution in [0.5, 0.6) is 0 Å². The number of aliphatic imine (C=N–C) groups is 1. The van der Waals surface area contributed by atoms with Crippen LogP contribution in [0.15, 0.2) is 33.7 Å². The molecule has 130 valence electrons. The monoisotopic (exact) mass is 495 g/mol. The van der Waals surface area contributed by atoms with E-state index in [0.29, 0.717) is 5.92 Å². The van der Waals surface area contributed by atoms with Crippen LogP contribution in [0.2, 0.25) is 0 Å². The summed E-state index contributed by atoms with van der Waals surface area (Å²) in [5, 5.41) is 3.48. The van der Waals surface area contributed by atoms with Crippen LogP contribution in [0.4, 0.5) is 0 Å². The van der Waals surface area contributed by atoms with Gasteiger partial charge in [0.15, 0.2) is 5.96 Å².